The van der Waals surface area contributed by atoms with Gasteiger partial charge in [0.1, 0.15) is 4.21 Å². The van der Waals surface area contributed by atoms with Gasteiger partial charge in [-0.05, 0) is 30.4 Å². The van der Waals surface area contributed by atoms with Crippen LogP contribution in [0.15, 0.2) is 16.3 Å². The zero-order valence-electron chi connectivity index (χ0n) is 15.9. The van der Waals surface area contributed by atoms with Gasteiger partial charge in [0.25, 0.3) is 10.0 Å². The summed E-state index contributed by atoms with van der Waals surface area (Å²) in [6, 6.07) is 3.41. The van der Waals surface area contributed by atoms with Gasteiger partial charge in [0.15, 0.2) is 0 Å². The number of carbonyl (C=O) groups is 1. The van der Waals surface area contributed by atoms with Crippen molar-refractivity contribution < 1.29 is 13.2 Å². The molecule has 1 aromatic heterocycles. The van der Waals surface area contributed by atoms with Gasteiger partial charge in [0, 0.05) is 32.2 Å². The van der Waals surface area contributed by atoms with Crippen LogP contribution in [-0.2, 0) is 14.8 Å². The second-order valence-electron chi connectivity index (χ2n) is 7.68. The number of rotatable bonds is 5. The lowest BCUT2D eigenvalue weighted by Crippen LogP contribution is -2.52. The monoisotopic (exact) mass is 433 g/mol. The van der Waals surface area contributed by atoms with E-state index in [0.717, 1.165) is 17.8 Å². The molecule has 1 amide bonds. The first-order valence-corrected chi connectivity index (χ1v) is 12.2. The van der Waals surface area contributed by atoms with Gasteiger partial charge in [-0.25, -0.2) is 8.42 Å². The maximum Gasteiger partial charge on any atom is 0.252 e. The summed E-state index contributed by atoms with van der Waals surface area (Å²) in [7, 11) is -3.49. The highest BCUT2D eigenvalue weighted by atomic mass is 35.5. The largest absolute Gasteiger partial charge is 0.352 e. The molecule has 1 aliphatic carbocycles. The number of hydrogen-bond donors (Lipinski definition) is 1. The molecule has 0 aromatic carbocycles. The summed E-state index contributed by atoms with van der Waals surface area (Å²) in [6.07, 6.45) is 3.45. The van der Waals surface area contributed by atoms with Crippen molar-refractivity contribution in [1.29, 1.82) is 0 Å². The SMILES string of the molecule is C[C@H]1[C@H](C)CCC[C@@H]1NC(=O)CN1CCN(S(=O)(=O)c2ccc(Cl)s2)CC1. The fraction of sp³-hybridized carbons (Fsp3) is 0.722. The predicted octanol–water partition coefficient (Wildman–Crippen LogP) is 2.65. The van der Waals surface area contributed by atoms with Crippen LogP contribution >= 0.6 is 22.9 Å². The summed E-state index contributed by atoms with van der Waals surface area (Å²) in [5.74, 6) is 1.19. The normalized spacial score (nSPS) is 28.2. The van der Waals surface area contributed by atoms with Crippen LogP contribution in [0.25, 0.3) is 0 Å². The molecule has 0 spiro atoms. The summed E-state index contributed by atoms with van der Waals surface area (Å²) in [5, 5.41) is 3.19. The molecule has 0 radical (unpaired) electrons. The number of amides is 1. The van der Waals surface area contributed by atoms with Crippen molar-refractivity contribution in [3.63, 3.8) is 0 Å². The van der Waals surface area contributed by atoms with Gasteiger partial charge in [-0.3, -0.25) is 9.69 Å². The van der Waals surface area contributed by atoms with E-state index in [1.54, 1.807) is 12.1 Å². The van der Waals surface area contributed by atoms with Crippen molar-refractivity contribution in [1.82, 2.24) is 14.5 Å². The van der Waals surface area contributed by atoms with E-state index in [2.05, 4.69) is 19.2 Å². The van der Waals surface area contributed by atoms with Crippen LogP contribution in [-0.4, -0.2) is 62.3 Å². The Morgan fingerprint density at radius 2 is 1.93 bits per heavy atom. The highest BCUT2D eigenvalue weighted by Crippen LogP contribution is 2.30. The number of thiophene rings is 1. The number of piperazine rings is 1. The summed E-state index contributed by atoms with van der Waals surface area (Å²) in [4.78, 5) is 14.5. The minimum Gasteiger partial charge on any atom is -0.352 e. The van der Waals surface area contributed by atoms with Gasteiger partial charge < -0.3 is 5.32 Å². The zero-order chi connectivity index (χ0) is 19.6. The first kappa shape index (κ1) is 21.0. The molecular formula is C18H28ClN3O3S2. The van der Waals surface area contributed by atoms with E-state index in [1.807, 2.05) is 4.90 Å². The minimum atomic E-state index is -3.49. The molecule has 2 aliphatic rings. The van der Waals surface area contributed by atoms with E-state index >= 15 is 0 Å². The minimum absolute atomic E-state index is 0.0438. The Labute approximate surface area is 170 Å². The van der Waals surface area contributed by atoms with Gasteiger partial charge in [-0.2, -0.15) is 4.31 Å². The van der Waals surface area contributed by atoms with Gasteiger partial charge in [0.05, 0.1) is 10.9 Å². The second-order valence-corrected chi connectivity index (χ2v) is 11.6. The number of halogens is 1. The lowest BCUT2D eigenvalue weighted by molar-refractivity contribution is -0.124. The number of carbonyl (C=O) groups excluding carboxylic acids is 1. The molecule has 0 bridgehead atoms. The Morgan fingerprint density at radius 1 is 1.22 bits per heavy atom. The molecule has 1 aliphatic heterocycles. The lowest BCUT2D eigenvalue weighted by atomic mass is 9.78. The third kappa shape index (κ3) is 5.03. The number of nitrogens with one attached hydrogen (secondary N) is 1. The fourth-order valence-corrected chi connectivity index (χ4v) is 6.99. The van der Waals surface area contributed by atoms with Crippen LogP contribution in [0.5, 0.6) is 0 Å². The van der Waals surface area contributed by atoms with E-state index in [4.69, 9.17) is 11.6 Å². The first-order chi connectivity index (χ1) is 12.8. The molecule has 27 heavy (non-hydrogen) atoms. The Balaban J connectivity index is 1.48. The van der Waals surface area contributed by atoms with E-state index < -0.39 is 10.0 Å². The summed E-state index contributed by atoms with van der Waals surface area (Å²) in [5.41, 5.74) is 0. The highest BCUT2D eigenvalue weighted by Gasteiger charge is 2.31. The van der Waals surface area contributed by atoms with Crippen molar-refractivity contribution in [2.75, 3.05) is 32.7 Å². The van der Waals surface area contributed by atoms with E-state index in [1.165, 1.54) is 17.1 Å². The highest BCUT2D eigenvalue weighted by molar-refractivity contribution is 7.91. The lowest BCUT2D eigenvalue weighted by Gasteiger charge is -2.36. The third-order valence-electron chi connectivity index (χ3n) is 5.89. The van der Waals surface area contributed by atoms with Gasteiger partial charge in [-0.1, -0.05) is 38.3 Å². The Morgan fingerprint density at radius 3 is 2.56 bits per heavy atom. The zero-order valence-corrected chi connectivity index (χ0v) is 18.2. The van der Waals surface area contributed by atoms with Gasteiger partial charge in [0.2, 0.25) is 5.91 Å². The van der Waals surface area contributed by atoms with Crippen molar-refractivity contribution in [3.05, 3.63) is 16.5 Å². The average Bonchev–Trinajstić information content (AvgIpc) is 3.07. The predicted molar refractivity (Wildman–Crippen MR) is 109 cm³/mol. The van der Waals surface area contributed by atoms with Gasteiger partial charge in [-0.15, -0.1) is 11.3 Å². The molecule has 6 nitrogen and oxygen atoms in total. The Bertz CT molecular complexity index is 760. The molecule has 1 N–H and O–H groups in total. The maximum absolute atomic E-state index is 12.6. The second kappa shape index (κ2) is 8.78. The molecule has 2 fully saturated rings. The van der Waals surface area contributed by atoms with Gasteiger partial charge >= 0.3 is 0 Å². The van der Waals surface area contributed by atoms with Crippen molar-refractivity contribution in [2.45, 2.75) is 43.4 Å². The summed E-state index contributed by atoms with van der Waals surface area (Å²) < 4.78 is 27.5. The van der Waals surface area contributed by atoms with Crippen LogP contribution in [0.3, 0.4) is 0 Å². The van der Waals surface area contributed by atoms with E-state index in [9.17, 15) is 13.2 Å². The third-order valence-corrected chi connectivity index (χ3v) is 9.49. The topological polar surface area (TPSA) is 69.7 Å². The molecule has 1 saturated heterocycles. The molecule has 2 heterocycles. The quantitative estimate of drug-likeness (QED) is 0.774. The fourth-order valence-electron chi connectivity index (χ4n) is 3.93. The standard InChI is InChI=1S/C18H28ClN3O3S2/c1-13-4-3-5-15(14(13)2)20-17(23)12-21-8-10-22(11-9-21)27(24,25)18-7-6-16(19)26-18/h6-7,13-15H,3-5,8-12H2,1-2H3,(H,20,23)/t13-,14+,15+/m1/s1. The number of sulfonamides is 1. The average molecular weight is 434 g/mol. The number of nitrogens with zero attached hydrogens (tertiary/aromatic N) is 2. The number of hydrogen-bond acceptors (Lipinski definition) is 5. The molecule has 1 saturated carbocycles. The van der Waals surface area contributed by atoms with E-state index in [-0.39, 0.29) is 16.2 Å². The van der Waals surface area contributed by atoms with Crippen LogP contribution in [0.2, 0.25) is 4.34 Å². The first-order valence-electron chi connectivity index (χ1n) is 9.54. The van der Waals surface area contributed by atoms with Crippen LogP contribution in [0, 0.1) is 11.8 Å². The molecule has 3 rings (SSSR count). The van der Waals surface area contributed by atoms with Crippen molar-refractivity contribution >= 4 is 38.9 Å². The van der Waals surface area contributed by atoms with Crippen LogP contribution in [0.1, 0.15) is 33.1 Å². The molecule has 9 heteroatoms. The summed E-state index contributed by atoms with van der Waals surface area (Å²) in [6.45, 7) is 6.70. The molecular weight excluding hydrogens is 406 g/mol. The Hall–Kier alpha value is -0.670. The summed E-state index contributed by atoms with van der Waals surface area (Å²) >= 11 is 6.95. The Kier molecular flexibility index (Phi) is 6.84. The van der Waals surface area contributed by atoms with Crippen molar-refractivity contribution in [2.24, 2.45) is 11.8 Å². The molecule has 152 valence electrons. The van der Waals surface area contributed by atoms with Crippen molar-refractivity contribution in [3.8, 4) is 0 Å². The maximum atomic E-state index is 12.6. The molecule has 3 atom stereocenters. The smallest absolute Gasteiger partial charge is 0.252 e. The van der Waals surface area contributed by atoms with Crippen LogP contribution in [0.4, 0.5) is 0 Å². The van der Waals surface area contributed by atoms with Crippen LogP contribution < -0.4 is 5.32 Å². The molecule has 0 unspecified atom stereocenters. The van der Waals surface area contributed by atoms with E-state index in [0.29, 0.717) is 48.9 Å². The molecule has 1 aromatic rings.